The van der Waals surface area contributed by atoms with Gasteiger partial charge in [0.1, 0.15) is 17.1 Å². The van der Waals surface area contributed by atoms with E-state index >= 15 is 0 Å². The molecule has 3 aromatic rings. The fraction of sp³-hybridized carbons (Fsp3) is 0.0588. The number of ketones is 1. The van der Waals surface area contributed by atoms with Crippen molar-refractivity contribution >= 4 is 16.7 Å². The summed E-state index contributed by atoms with van der Waals surface area (Å²) in [5.74, 6) is -0.787. The molecule has 0 amide bonds. The molecule has 0 N–H and O–H groups in total. The molecule has 0 saturated heterocycles. The van der Waals surface area contributed by atoms with Gasteiger partial charge in [-0.1, -0.05) is 24.3 Å². The number of carbonyl (C=O) groups is 1. The second-order valence-electron chi connectivity index (χ2n) is 4.52. The van der Waals surface area contributed by atoms with E-state index < -0.39 is 11.6 Å². The largest absolute Gasteiger partial charge is 0.496 e. The second kappa shape index (κ2) is 5.32. The van der Waals surface area contributed by atoms with Gasteiger partial charge in [-0.2, -0.15) is 0 Å². The highest BCUT2D eigenvalue weighted by atomic mass is 19.1. The Morgan fingerprint density at radius 1 is 1.10 bits per heavy atom. The van der Waals surface area contributed by atoms with E-state index in [0.29, 0.717) is 16.5 Å². The predicted molar refractivity (Wildman–Crippen MR) is 78.1 cm³/mol. The minimum absolute atomic E-state index is 0.0589. The van der Waals surface area contributed by atoms with Crippen molar-refractivity contribution in [3.63, 3.8) is 0 Å². The second-order valence-corrected chi connectivity index (χ2v) is 4.52. The van der Waals surface area contributed by atoms with Crippen LogP contribution in [0.4, 0.5) is 4.39 Å². The van der Waals surface area contributed by atoms with Crippen molar-refractivity contribution < 1.29 is 13.9 Å². The summed E-state index contributed by atoms with van der Waals surface area (Å²) in [5, 5.41) is 0.690. The SMILES string of the molecule is COc1cccc(F)c1C(=O)c1cccc2ncccc12. The average Bonchev–Trinajstić information content (AvgIpc) is 2.53. The molecular formula is C17H12FNO2. The lowest BCUT2D eigenvalue weighted by Gasteiger charge is -2.10. The van der Waals surface area contributed by atoms with Gasteiger partial charge in [-0.3, -0.25) is 9.78 Å². The molecule has 0 saturated carbocycles. The van der Waals surface area contributed by atoms with E-state index in [0.717, 1.165) is 0 Å². The number of pyridine rings is 1. The van der Waals surface area contributed by atoms with Crippen molar-refractivity contribution in [2.75, 3.05) is 7.11 Å². The lowest BCUT2D eigenvalue weighted by atomic mass is 9.98. The summed E-state index contributed by atoms with van der Waals surface area (Å²) in [6.45, 7) is 0. The quantitative estimate of drug-likeness (QED) is 0.688. The minimum Gasteiger partial charge on any atom is -0.496 e. The number of methoxy groups -OCH3 is 1. The summed E-state index contributed by atoms with van der Waals surface area (Å²) < 4.78 is 19.2. The smallest absolute Gasteiger partial charge is 0.200 e. The summed E-state index contributed by atoms with van der Waals surface area (Å²) >= 11 is 0. The van der Waals surface area contributed by atoms with Crippen LogP contribution in [0, 0.1) is 5.82 Å². The Hall–Kier alpha value is -2.75. The Labute approximate surface area is 121 Å². The van der Waals surface area contributed by atoms with Crippen molar-refractivity contribution in [2.45, 2.75) is 0 Å². The van der Waals surface area contributed by atoms with Gasteiger partial charge in [0.25, 0.3) is 0 Å². The molecule has 4 heteroatoms. The maximum absolute atomic E-state index is 14.1. The average molecular weight is 281 g/mol. The fourth-order valence-corrected chi connectivity index (χ4v) is 2.33. The van der Waals surface area contributed by atoms with Crippen LogP contribution in [0.3, 0.4) is 0 Å². The van der Waals surface area contributed by atoms with Gasteiger partial charge in [0.05, 0.1) is 12.6 Å². The summed E-state index contributed by atoms with van der Waals surface area (Å²) in [6.07, 6.45) is 1.65. The summed E-state index contributed by atoms with van der Waals surface area (Å²) in [7, 11) is 1.41. The topological polar surface area (TPSA) is 39.2 Å². The summed E-state index contributed by atoms with van der Waals surface area (Å²) in [6, 6.07) is 13.1. The van der Waals surface area contributed by atoms with E-state index in [1.54, 1.807) is 36.5 Å². The molecule has 0 aliphatic carbocycles. The van der Waals surface area contributed by atoms with Crippen molar-refractivity contribution in [2.24, 2.45) is 0 Å². The highest BCUT2D eigenvalue weighted by Crippen LogP contribution is 2.27. The van der Waals surface area contributed by atoms with Gasteiger partial charge in [0.2, 0.25) is 0 Å². The first-order valence-corrected chi connectivity index (χ1v) is 6.43. The number of carbonyl (C=O) groups excluding carboxylic acids is 1. The number of benzene rings is 2. The highest BCUT2D eigenvalue weighted by Gasteiger charge is 2.20. The number of hydrogen-bond acceptors (Lipinski definition) is 3. The van der Waals surface area contributed by atoms with Gasteiger partial charge in [-0.25, -0.2) is 4.39 Å². The Bertz CT molecular complexity index is 825. The number of ether oxygens (including phenoxy) is 1. The normalized spacial score (nSPS) is 10.6. The lowest BCUT2D eigenvalue weighted by Crippen LogP contribution is -2.07. The van der Waals surface area contributed by atoms with E-state index in [1.165, 1.54) is 19.2 Å². The molecule has 104 valence electrons. The van der Waals surface area contributed by atoms with Crippen LogP contribution in [0.5, 0.6) is 5.75 Å². The Morgan fingerprint density at radius 3 is 2.71 bits per heavy atom. The molecule has 2 aromatic carbocycles. The van der Waals surface area contributed by atoms with Gasteiger partial charge < -0.3 is 4.74 Å². The van der Waals surface area contributed by atoms with E-state index in [4.69, 9.17) is 4.74 Å². The fourth-order valence-electron chi connectivity index (χ4n) is 2.33. The van der Waals surface area contributed by atoms with E-state index in [-0.39, 0.29) is 11.3 Å². The van der Waals surface area contributed by atoms with Crippen LogP contribution in [0.15, 0.2) is 54.7 Å². The third-order valence-electron chi connectivity index (χ3n) is 3.31. The van der Waals surface area contributed by atoms with Crippen LogP contribution in [0.2, 0.25) is 0 Å². The van der Waals surface area contributed by atoms with Gasteiger partial charge in [0.15, 0.2) is 5.78 Å². The van der Waals surface area contributed by atoms with Crippen molar-refractivity contribution in [1.82, 2.24) is 4.98 Å². The zero-order chi connectivity index (χ0) is 14.8. The third-order valence-corrected chi connectivity index (χ3v) is 3.31. The number of aromatic nitrogens is 1. The zero-order valence-corrected chi connectivity index (χ0v) is 11.3. The Morgan fingerprint density at radius 2 is 1.90 bits per heavy atom. The van der Waals surface area contributed by atoms with Crippen LogP contribution in [0.1, 0.15) is 15.9 Å². The molecular weight excluding hydrogens is 269 g/mol. The number of hydrogen-bond donors (Lipinski definition) is 0. The van der Waals surface area contributed by atoms with Crippen molar-refractivity contribution in [3.8, 4) is 5.75 Å². The predicted octanol–water partition coefficient (Wildman–Crippen LogP) is 3.61. The Balaban J connectivity index is 2.23. The van der Waals surface area contributed by atoms with E-state index in [2.05, 4.69) is 4.98 Å². The monoisotopic (exact) mass is 281 g/mol. The molecule has 0 atom stereocenters. The van der Waals surface area contributed by atoms with Crippen molar-refractivity contribution in [3.05, 3.63) is 71.7 Å². The van der Waals surface area contributed by atoms with Crippen LogP contribution >= 0.6 is 0 Å². The summed E-state index contributed by atoms with van der Waals surface area (Å²) in [5.41, 5.74) is 1.04. The number of rotatable bonds is 3. The molecule has 0 spiro atoms. The van der Waals surface area contributed by atoms with Crippen LogP contribution in [0.25, 0.3) is 10.9 Å². The number of nitrogens with zero attached hydrogens (tertiary/aromatic N) is 1. The first kappa shape index (κ1) is 13.2. The van der Waals surface area contributed by atoms with Crippen LogP contribution < -0.4 is 4.74 Å². The molecule has 0 bridgehead atoms. The maximum Gasteiger partial charge on any atom is 0.200 e. The molecule has 0 fully saturated rings. The number of halogens is 1. The molecule has 0 aliphatic rings. The van der Waals surface area contributed by atoms with Crippen LogP contribution in [-0.4, -0.2) is 17.9 Å². The Kier molecular flexibility index (Phi) is 3.36. The molecule has 1 aromatic heterocycles. The van der Waals surface area contributed by atoms with Gasteiger partial charge in [-0.15, -0.1) is 0 Å². The van der Waals surface area contributed by atoms with Gasteiger partial charge in [-0.05, 0) is 24.3 Å². The van der Waals surface area contributed by atoms with Crippen molar-refractivity contribution in [1.29, 1.82) is 0 Å². The van der Waals surface area contributed by atoms with Gasteiger partial charge >= 0.3 is 0 Å². The third kappa shape index (κ3) is 2.25. The highest BCUT2D eigenvalue weighted by molar-refractivity contribution is 6.17. The number of fused-ring (bicyclic) bond motifs is 1. The first-order chi connectivity index (χ1) is 10.2. The molecule has 0 radical (unpaired) electrons. The minimum atomic E-state index is -0.597. The van der Waals surface area contributed by atoms with Crippen LogP contribution in [-0.2, 0) is 0 Å². The molecule has 1 heterocycles. The first-order valence-electron chi connectivity index (χ1n) is 6.43. The molecule has 21 heavy (non-hydrogen) atoms. The standard InChI is InChI=1S/C17H12FNO2/c1-21-15-9-3-7-13(18)16(15)17(20)12-5-2-8-14-11(12)6-4-10-19-14/h2-10H,1H3. The molecule has 3 nitrogen and oxygen atoms in total. The summed E-state index contributed by atoms with van der Waals surface area (Å²) in [4.78, 5) is 16.9. The zero-order valence-electron chi connectivity index (χ0n) is 11.3. The maximum atomic E-state index is 14.1. The molecule has 0 unspecified atom stereocenters. The van der Waals surface area contributed by atoms with Gasteiger partial charge in [0, 0.05) is 17.1 Å². The molecule has 3 rings (SSSR count). The van der Waals surface area contributed by atoms with E-state index in [9.17, 15) is 9.18 Å². The van der Waals surface area contributed by atoms with E-state index in [1.807, 2.05) is 6.07 Å². The molecule has 0 aliphatic heterocycles. The lowest BCUT2D eigenvalue weighted by molar-refractivity contribution is 0.103.